The van der Waals surface area contributed by atoms with E-state index < -0.39 is 11.5 Å². The van der Waals surface area contributed by atoms with E-state index in [0.29, 0.717) is 18.4 Å². The van der Waals surface area contributed by atoms with Gasteiger partial charge in [-0.15, -0.1) is 0 Å². The third kappa shape index (κ3) is 5.66. The number of rotatable bonds is 8. The fourth-order valence-corrected chi connectivity index (χ4v) is 2.32. The van der Waals surface area contributed by atoms with Crippen molar-refractivity contribution in [2.75, 3.05) is 0 Å². The van der Waals surface area contributed by atoms with Crippen LogP contribution in [0.4, 0.5) is 4.39 Å². The fraction of sp³-hybridized carbons (Fsp3) is 0.556. The Labute approximate surface area is 137 Å². The van der Waals surface area contributed by atoms with Crippen molar-refractivity contribution in [3.05, 3.63) is 35.6 Å². The van der Waals surface area contributed by atoms with E-state index in [4.69, 9.17) is 5.11 Å². The lowest BCUT2D eigenvalue weighted by Gasteiger charge is -2.34. The highest BCUT2D eigenvalue weighted by molar-refractivity contribution is 5.80. The lowest BCUT2D eigenvalue weighted by Crippen LogP contribution is -2.52. The van der Waals surface area contributed by atoms with Gasteiger partial charge >= 0.3 is 5.97 Å². The minimum Gasteiger partial charge on any atom is -0.481 e. The van der Waals surface area contributed by atoms with Crippen LogP contribution < -0.4 is 5.32 Å². The lowest BCUT2D eigenvalue weighted by molar-refractivity contribution is -0.139. The minimum absolute atomic E-state index is 0.0127. The molecule has 4 nitrogen and oxygen atoms in total. The predicted octanol–water partition coefficient (Wildman–Crippen LogP) is 3.40. The van der Waals surface area contributed by atoms with Crippen molar-refractivity contribution in [1.29, 1.82) is 0 Å². The monoisotopic (exact) mass is 323 g/mol. The van der Waals surface area contributed by atoms with Crippen LogP contribution in [0.3, 0.4) is 0 Å². The molecule has 0 aliphatic heterocycles. The first-order chi connectivity index (χ1) is 10.7. The standard InChI is InChI=1S/C18H26FNO3/c1-12(2)18(4,11-16(21)22)20-17(23)13(3)9-10-14-7-5-6-8-15(14)19/h5-8,12-13H,9-11H2,1-4H3,(H,20,23)(H,21,22). The molecule has 0 saturated heterocycles. The van der Waals surface area contributed by atoms with Gasteiger partial charge in [-0.2, -0.15) is 0 Å². The number of aliphatic carboxylic acids is 1. The van der Waals surface area contributed by atoms with Gasteiger partial charge in [0, 0.05) is 11.5 Å². The topological polar surface area (TPSA) is 66.4 Å². The van der Waals surface area contributed by atoms with Gasteiger partial charge in [0.15, 0.2) is 0 Å². The van der Waals surface area contributed by atoms with E-state index in [0.717, 1.165) is 0 Å². The van der Waals surface area contributed by atoms with Gasteiger partial charge in [0.05, 0.1) is 6.42 Å². The number of carboxylic acids is 1. The highest BCUT2D eigenvalue weighted by atomic mass is 19.1. The van der Waals surface area contributed by atoms with Crippen molar-refractivity contribution < 1.29 is 19.1 Å². The Hall–Kier alpha value is -1.91. The zero-order valence-corrected chi connectivity index (χ0v) is 14.2. The summed E-state index contributed by atoms with van der Waals surface area (Å²) in [5, 5.41) is 11.9. The largest absolute Gasteiger partial charge is 0.481 e. The third-order valence-corrected chi connectivity index (χ3v) is 4.45. The number of carbonyl (C=O) groups excluding carboxylic acids is 1. The zero-order valence-electron chi connectivity index (χ0n) is 14.2. The number of aryl methyl sites for hydroxylation is 1. The van der Waals surface area contributed by atoms with E-state index in [2.05, 4.69) is 5.32 Å². The molecule has 0 radical (unpaired) electrons. The van der Waals surface area contributed by atoms with Crippen LogP contribution in [0.1, 0.15) is 46.1 Å². The molecule has 2 unspecified atom stereocenters. The van der Waals surface area contributed by atoms with Crippen LogP contribution in [0, 0.1) is 17.7 Å². The molecule has 0 aliphatic carbocycles. The zero-order chi connectivity index (χ0) is 17.6. The predicted molar refractivity (Wildman–Crippen MR) is 87.5 cm³/mol. The normalized spacial score (nSPS) is 15.0. The van der Waals surface area contributed by atoms with Crippen molar-refractivity contribution in [3.63, 3.8) is 0 Å². The van der Waals surface area contributed by atoms with Crippen molar-refractivity contribution in [2.45, 2.75) is 52.5 Å². The van der Waals surface area contributed by atoms with E-state index in [1.165, 1.54) is 6.07 Å². The molecular weight excluding hydrogens is 297 g/mol. The van der Waals surface area contributed by atoms with Crippen molar-refractivity contribution in [1.82, 2.24) is 5.32 Å². The van der Waals surface area contributed by atoms with Crippen LogP contribution in [0.5, 0.6) is 0 Å². The van der Waals surface area contributed by atoms with Crippen LogP contribution in [-0.4, -0.2) is 22.5 Å². The van der Waals surface area contributed by atoms with E-state index in [1.807, 2.05) is 13.8 Å². The molecule has 1 amide bonds. The van der Waals surface area contributed by atoms with Crippen LogP contribution in [-0.2, 0) is 16.0 Å². The second-order valence-corrected chi connectivity index (χ2v) is 6.66. The highest BCUT2D eigenvalue weighted by Gasteiger charge is 2.33. The molecule has 0 aromatic heterocycles. The summed E-state index contributed by atoms with van der Waals surface area (Å²) in [5.74, 6) is -1.74. The Bertz CT molecular complexity index is 559. The molecular formula is C18H26FNO3. The fourth-order valence-electron chi connectivity index (χ4n) is 2.32. The second-order valence-electron chi connectivity index (χ2n) is 6.66. The molecule has 5 heteroatoms. The lowest BCUT2D eigenvalue weighted by atomic mass is 9.84. The number of benzene rings is 1. The number of hydrogen-bond acceptors (Lipinski definition) is 2. The Balaban J connectivity index is 2.65. The van der Waals surface area contributed by atoms with Gasteiger partial charge in [-0.05, 0) is 37.3 Å². The number of hydrogen-bond donors (Lipinski definition) is 2. The molecule has 0 heterocycles. The van der Waals surface area contributed by atoms with E-state index in [9.17, 15) is 14.0 Å². The van der Waals surface area contributed by atoms with Gasteiger partial charge in [-0.25, -0.2) is 4.39 Å². The van der Waals surface area contributed by atoms with Crippen LogP contribution in [0.15, 0.2) is 24.3 Å². The van der Waals surface area contributed by atoms with Gasteiger partial charge in [0.25, 0.3) is 0 Å². The second kappa shape index (κ2) is 8.09. The summed E-state index contributed by atoms with van der Waals surface area (Å²) in [6.45, 7) is 7.28. The third-order valence-electron chi connectivity index (χ3n) is 4.45. The molecule has 0 bridgehead atoms. The summed E-state index contributed by atoms with van der Waals surface area (Å²) < 4.78 is 13.6. The maximum atomic E-state index is 13.6. The summed E-state index contributed by atoms with van der Waals surface area (Å²) in [6.07, 6.45) is 0.850. The molecule has 128 valence electrons. The van der Waals surface area contributed by atoms with Gasteiger partial charge in [-0.3, -0.25) is 9.59 Å². The summed E-state index contributed by atoms with van der Waals surface area (Å²) >= 11 is 0. The first-order valence-corrected chi connectivity index (χ1v) is 7.93. The van der Waals surface area contributed by atoms with E-state index in [1.54, 1.807) is 32.0 Å². The van der Waals surface area contributed by atoms with Crippen LogP contribution in [0.25, 0.3) is 0 Å². The maximum Gasteiger partial charge on any atom is 0.305 e. The average molecular weight is 323 g/mol. The quantitative estimate of drug-likeness (QED) is 0.770. The average Bonchev–Trinajstić information content (AvgIpc) is 2.44. The molecule has 1 aromatic rings. The van der Waals surface area contributed by atoms with Gasteiger partial charge < -0.3 is 10.4 Å². The Kier molecular flexibility index (Phi) is 6.73. The SMILES string of the molecule is CC(CCc1ccccc1F)C(=O)NC(C)(CC(=O)O)C(C)C. The van der Waals surface area contributed by atoms with Crippen molar-refractivity contribution in [2.24, 2.45) is 11.8 Å². The first-order valence-electron chi connectivity index (χ1n) is 7.93. The van der Waals surface area contributed by atoms with Crippen molar-refractivity contribution in [3.8, 4) is 0 Å². The Morgan fingerprint density at radius 1 is 1.26 bits per heavy atom. The number of nitrogens with one attached hydrogen (secondary N) is 1. The number of amides is 1. The van der Waals surface area contributed by atoms with Crippen molar-refractivity contribution >= 4 is 11.9 Å². The minimum atomic E-state index is -0.944. The van der Waals surface area contributed by atoms with Gasteiger partial charge in [-0.1, -0.05) is 39.0 Å². The number of carboxylic acid groups (broad SMARTS) is 1. The first kappa shape index (κ1) is 19.1. The Morgan fingerprint density at radius 2 is 1.87 bits per heavy atom. The summed E-state index contributed by atoms with van der Waals surface area (Å²) in [6, 6.07) is 6.52. The van der Waals surface area contributed by atoms with E-state index >= 15 is 0 Å². The van der Waals surface area contributed by atoms with Crippen LogP contribution >= 0.6 is 0 Å². The molecule has 23 heavy (non-hydrogen) atoms. The number of halogens is 1. The molecule has 2 N–H and O–H groups in total. The smallest absolute Gasteiger partial charge is 0.305 e. The van der Waals surface area contributed by atoms with Crippen LogP contribution in [0.2, 0.25) is 0 Å². The van der Waals surface area contributed by atoms with E-state index in [-0.39, 0.29) is 30.0 Å². The summed E-state index contributed by atoms with van der Waals surface area (Å²) in [7, 11) is 0. The molecule has 2 atom stereocenters. The molecule has 0 spiro atoms. The molecule has 0 saturated carbocycles. The summed E-state index contributed by atoms with van der Waals surface area (Å²) in [4.78, 5) is 23.4. The Morgan fingerprint density at radius 3 is 2.39 bits per heavy atom. The summed E-state index contributed by atoms with van der Waals surface area (Å²) in [5.41, 5.74) is -0.209. The molecule has 0 aliphatic rings. The molecule has 0 fully saturated rings. The number of carbonyl (C=O) groups is 2. The van der Waals surface area contributed by atoms with Gasteiger partial charge in [0.1, 0.15) is 5.82 Å². The molecule has 1 aromatic carbocycles. The maximum absolute atomic E-state index is 13.6. The van der Waals surface area contributed by atoms with Gasteiger partial charge in [0.2, 0.25) is 5.91 Å². The highest BCUT2D eigenvalue weighted by Crippen LogP contribution is 2.22. The molecule has 1 rings (SSSR count).